The minimum Gasteiger partial charge on any atom is -0.441 e. The Morgan fingerprint density at radius 2 is 2.00 bits per heavy atom. The first-order valence-corrected chi connectivity index (χ1v) is 7.28. The molecule has 0 radical (unpaired) electrons. The molecule has 0 aliphatic carbocycles. The van der Waals surface area contributed by atoms with Gasteiger partial charge in [0.15, 0.2) is 17.3 Å². The number of anilines is 1. The Bertz CT molecular complexity index is 896. The summed E-state index contributed by atoms with van der Waals surface area (Å²) in [6.45, 7) is 3.28. The fraction of sp³-hybridized carbons (Fsp3) is 0.167. The van der Waals surface area contributed by atoms with Crippen LogP contribution in [0.3, 0.4) is 0 Å². The van der Waals surface area contributed by atoms with Gasteiger partial charge in [-0.1, -0.05) is 18.2 Å². The van der Waals surface area contributed by atoms with Crippen molar-refractivity contribution in [2.75, 3.05) is 5.32 Å². The highest BCUT2D eigenvalue weighted by molar-refractivity contribution is 5.97. The summed E-state index contributed by atoms with van der Waals surface area (Å²) >= 11 is 0. The van der Waals surface area contributed by atoms with Crippen LogP contribution in [0.5, 0.6) is 0 Å². The Kier molecular flexibility index (Phi) is 3.93. The van der Waals surface area contributed by atoms with E-state index in [-0.39, 0.29) is 18.1 Å². The lowest BCUT2D eigenvalue weighted by atomic mass is 10.1. The van der Waals surface area contributed by atoms with Gasteiger partial charge < -0.3 is 9.73 Å². The average Bonchev–Trinajstić information content (AvgIpc) is 2.86. The zero-order valence-corrected chi connectivity index (χ0v) is 12.9. The van der Waals surface area contributed by atoms with Gasteiger partial charge in [0.1, 0.15) is 5.52 Å². The van der Waals surface area contributed by atoms with Crippen molar-refractivity contribution in [2.45, 2.75) is 20.3 Å². The van der Waals surface area contributed by atoms with Crippen LogP contribution in [0.2, 0.25) is 0 Å². The number of aromatic nitrogens is 1. The van der Waals surface area contributed by atoms with Gasteiger partial charge in [-0.05, 0) is 36.8 Å². The molecule has 5 nitrogen and oxygen atoms in total. The van der Waals surface area contributed by atoms with Crippen LogP contribution in [0.4, 0.5) is 5.69 Å². The number of nitrogens with zero attached hydrogens (tertiary/aromatic N) is 1. The topological polar surface area (TPSA) is 72.2 Å². The van der Waals surface area contributed by atoms with Crippen molar-refractivity contribution in [3.63, 3.8) is 0 Å². The molecule has 0 saturated heterocycles. The quantitative estimate of drug-likeness (QED) is 0.748. The third-order valence-electron chi connectivity index (χ3n) is 3.48. The van der Waals surface area contributed by atoms with Crippen molar-refractivity contribution in [1.82, 2.24) is 4.98 Å². The molecule has 23 heavy (non-hydrogen) atoms. The summed E-state index contributed by atoms with van der Waals surface area (Å²) in [7, 11) is 0. The minimum atomic E-state index is -0.148. The first kappa shape index (κ1) is 15.0. The lowest BCUT2D eigenvalue weighted by Crippen LogP contribution is -2.14. The van der Waals surface area contributed by atoms with Crippen molar-refractivity contribution in [3.05, 3.63) is 59.5 Å². The largest absolute Gasteiger partial charge is 0.441 e. The minimum absolute atomic E-state index is 0.0343. The molecule has 1 amide bonds. The van der Waals surface area contributed by atoms with Crippen LogP contribution in [0.15, 0.2) is 46.9 Å². The average molecular weight is 308 g/mol. The molecule has 2 aromatic carbocycles. The lowest BCUT2D eigenvalue weighted by molar-refractivity contribution is -0.115. The van der Waals surface area contributed by atoms with Crippen molar-refractivity contribution in [1.29, 1.82) is 0 Å². The van der Waals surface area contributed by atoms with E-state index in [1.165, 1.54) is 6.92 Å². The van der Waals surface area contributed by atoms with Crippen molar-refractivity contribution in [2.24, 2.45) is 0 Å². The van der Waals surface area contributed by atoms with Crippen molar-refractivity contribution < 1.29 is 14.0 Å². The second-order valence-corrected chi connectivity index (χ2v) is 5.40. The Morgan fingerprint density at radius 1 is 1.17 bits per heavy atom. The number of nitrogens with one attached hydrogen (secondary N) is 1. The third kappa shape index (κ3) is 3.45. The molecule has 116 valence electrons. The van der Waals surface area contributed by atoms with Gasteiger partial charge in [0, 0.05) is 18.2 Å². The molecule has 0 atom stereocenters. The van der Waals surface area contributed by atoms with E-state index in [1.54, 1.807) is 31.2 Å². The number of rotatable bonds is 4. The Balaban J connectivity index is 1.73. The predicted octanol–water partition coefficient (Wildman–Crippen LogP) is 3.52. The number of oxazole rings is 1. The SMILES string of the molecule is CC(=O)c1cccc(NC(=O)Cc2ccc3oc(C)nc3c2)c1. The van der Waals surface area contributed by atoms with Gasteiger partial charge in [-0.2, -0.15) is 0 Å². The van der Waals surface area contributed by atoms with Crippen molar-refractivity contribution in [3.8, 4) is 0 Å². The lowest BCUT2D eigenvalue weighted by Gasteiger charge is -2.06. The molecular formula is C18H16N2O3. The molecule has 1 N–H and O–H groups in total. The smallest absolute Gasteiger partial charge is 0.228 e. The third-order valence-corrected chi connectivity index (χ3v) is 3.48. The number of carbonyl (C=O) groups excluding carboxylic acids is 2. The van der Waals surface area contributed by atoms with Crippen LogP contribution >= 0.6 is 0 Å². The van der Waals surface area contributed by atoms with E-state index < -0.39 is 0 Å². The van der Waals surface area contributed by atoms with E-state index in [0.717, 1.165) is 11.1 Å². The summed E-state index contributed by atoms with van der Waals surface area (Å²) in [4.78, 5) is 27.8. The number of Topliss-reactive ketones (excluding diaryl/α,β-unsaturated/α-hetero) is 1. The van der Waals surface area contributed by atoms with E-state index in [0.29, 0.717) is 22.7 Å². The van der Waals surface area contributed by atoms with Crippen molar-refractivity contribution >= 4 is 28.5 Å². The molecule has 0 aliphatic heterocycles. The molecule has 0 bridgehead atoms. The number of ketones is 1. The molecule has 3 rings (SSSR count). The van der Waals surface area contributed by atoms with Crippen LogP contribution in [0.25, 0.3) is 11.1 Å². The Hall–Kier alpha value is -2.95. The molecule has 0 saturated carbocycles. The zero-order valence-electron chi connectivity index (χ0n) is 12.9. The number of hydrogen-bond acceptors (Lipinski definition) is 4. The second kappa shape index (κ2) is 6.04. The maximum absolute atomic E-state index is 12.2. The van der Waals surface area contributed by atoms with E-state index in [4.69, 9.17) is 4.42 Å². The summed E-state index contributed by atoms with van der Waals surface area (Å²) in [6.07, 6.45) is 0.228. The van der Waals surface area contributed by atoms with Crippen LogP contribution in [0.1, 0.15) is 28.7 Å². The van der Waals surface area contributed by atoms with Crippen LogP contribution in [0, 0.1) is 6.92 Å². The highest BCUT2D eigenvalue weighted by atomic mass is 16.3. The van der Waals surface area contributed by atoms with E-state index >= 15 is 0 Å². The Labute approximate surface area is 133 Å². The highest BCUT2D eigenvalue weighted by Crippen LogP contribution is 2.18. The summed E-state index contributed by atoms with van der Waals surface area (Å²) in [5, 5.41) is 2.80. The van der Waals surface area contributed by atoms with E-state index in [1.807, 2.05) is 18.2 Å². The molecule has 0 aliphatic rings. The molecule has 0 unspecified atom stereocenters. The normalized spacial score (nSPS) is 10.7. The number of benzene rings is 2. The molecule has 0 spiro atoms. The molecular weight excluding hydrogens is 292 g/mol. The van der Waals surface area contributed by atoms with Crippen LogP contribution < -0.4 is 5.32 Å². The second-order valence-electron chi connectivity index (χ2n) is 5.40. The standard InChI is InChI=1S/C18H16N2O3/c1-11(21)14-4-3-5-15(10-14)20-18(22)9-13-6-7-17-16(8-13)19-12(2)23-17/h3-8,10H,9H2,1-2H3,(H,20,22). The number of hydrogen-bond donors (Lipinski definition) is 1. The number of carbonyl (C=O) groups is 2. The summed E-state index contributed by atoms with van der Waals surface area (Å²) in [6, 6.07) is 12.4. The fourth-order valence-corrected chi connectivity index (χ4v) is 2.40. The van der Waals surface area contributed by atoms with Crippen LogP contribution in [-0.4, -0.2) is 16.7 Å². The van der Waals surface area contributed by atoms with Gasteiger partial charge in [-0.3, -0.25) is 9.59 Å². The highest BCUT2D eigenvalue weighted by Gasteiger charge is 2.08. The molecule has 1 heterocycles. The summed E-state index contributed by atoms with van der Waals surface area (Å²) < 4.78 is 5.42. The predicted molar refractivity (Wildman–Crippen MR) is 87.5 cm³/mol. The molecule has 5 heteroatoms. The van der Waals surface area contributed by atoms with Gasteiger partial charge >= 0.3 is 0 Å². The monoisotopic (exact) mass is 308 g/mol. The number of fused-ring (bicyclic) bond motifs is 1. The van der Waals surface area contributed by atoms with E-state index in [2.05, 4.69) is 10.3 Å². The Morgan fingerprint density at radius 3 is 2.78 bits per heavy atom. The zero-order chi connectivity index (χ0) is 16.4. The van der Waals surface area contributed by atoms with Gasteiger partial charge in [0.05, 0.1) is 6.42 Å². The molecule has 3 aromatic rings. The summed E-state index contributed by atoms with van der Waals surface area (Å²) in [5.74, 6) is 0.417. The summed E-state index contributed by atoms with van der Waals surface area (Å²) in [5.41, 5.74) is 3.49. The van der Waals surface area contributed by atoms with Gasteiger partial charge in [0.2, 0.25) is 5.91 Å². The number of aryl methyl sites for hydroxylation is 1. The molecule has 1 aromatic heterocycles. The first-order chi connectivity index (χ1) is 11.0. The number of amides is 1. The first-order valence-electron chi connectivity index (χ1n) is 7.28. The van der Waals surface area contributed by atoms with Gasteiger partial charge in [-0.15, -0.1) is 0 Å². The van der Waals surface area contributed by atoms with Gasteiger partial charge in [0.25, 0.3) is 0 Å². The van der Waals surface area contributed by atoms with Crippen LogP contribution in [-0.2, 0) is 11.2 Å². The maximum Gasteiger partial charge on any atom is 0.228 e. The van der Waals surface area contributed by atoms with E-state index in [9.17, 15) is 9.59 Å². The fourth-order valence-electron chi connectivity index (χ4n) is 2.40. The maximum atomic E-state index is 12.2. The molecule has 0 fully saturated rings. The van der Waals surface area contributed by atoms with Gasteiger partial charge in [-0.25, -0.2) is 4.98 Å².